The number of benzene rings is 2. The van der Waals surface area contributed by atoms with Crippen molar-refractivity contribution in [2.45, 2.75) is 13.5 Å². The number of hydrazine groups is 1. The van der Waals surface area contributed by atoms with Gasteiger partial charge in [-0.1, -0.05) is 18.2 Å². The topological polar surface area (TPSA) is 87.4 Å². The maximum absolute atomic E-state index is 10.9. The van der Waals surface area contributed by atoms with Crippen LogP contribution in [0.1, 0.15) is 11.1 Å². The Balaban J connectivity index is 2.06. The van der Waals surface area contributed by atoms with Crippen LogP contribution in [0.5, 0.6) is 5.75 Å². The molecule has 0 atom stereocenters. The molecule has 20 heavy (non-hydrogen) atoms. The summed E-state index contributed by atoms with van der Waals surface area (Å²) in [4.78, 5) is 10.4. The lowest BCUT2D eigenvalue weighted by Crippen LogP contribution is -2.20. The molecule has 2 aromatic carbocycles. The standard InChI is InChI=1S/C14H15N3O3/c1-10-7-14(18)11(8-13(10)17(19)20)9-15-16-12-5-3-2-4-6-12/h2-8,15-16,18H,9H2,1H3. The molecule has 104 valence electrons. The molecule has 2 rings (SSSR count). The summed E-state index contributed by atoms with van der Waals surface area (Å²) in [5, 5.41) is 20.7. The highest BCUT2D eigenvalue weighted by Crippen LogP contribution is 2.27. The van der Waals surface area contributed by atoms with Crippen LogP contribution < -0.4 is 10.9 Å². The monoisotopic (exact) mass is 273 g/mol. The van der Waals surface area contributed by atoms with E-state index in [-0.39, 0.29) is 18.0 Å². The Hall–Kier alpha value is -2.60. The molecule has 0 unspecified atom stereocenters. The van der Waals surface area contributed by atoms with E-state index in [0.29, 0.717) is 11.1 Å². The summed E-state index contributed by atoms with van der Waals surface area (Å²) in [7, 11) is 0. The number of nitrogens with one attached hydrogen (secondary N) is 2. The number of aryl methyl sites for hydroxylation is 1. The number of nitrogens with zero attached hydrogens (tertiary/aromatic N) is 1. The Morgan fingerprint density at radius 3 is 2.60 bits per heavy atom. The van der Waals surface area contributed by atoms with Crippen LogP contribution >= 0.6 is 0 Å². The average Bonchev–Trinajstić information content (AvgIpc) is 2.42. The SMILES string of the molecule is Cc1cc(O)c(CNNc2ccccc2)cc1[N+](=O)[O-]. The summed E-state index contributed by atoms with van der Waals surface area (Å²) in [6.45, 7) is 1.86. The first-order valence-electron chi connectivity index (χ1n) is 6.08. The van der Waals surface area contributed by atoms with Crippen molar-refractivity contribution in [2.75, 3.05) is 5.43 Å². The van der Waals surface area contributed by atoms with E-state index in [9.17, 15) is 15.2 Å². The first-order chi connectivity index (χ1) is 9.58. The fraction of sp³-hybridized carbons (Fsp3) is 0.143. The van der Waals surface area contributed by atoms with Gasteiger partial charge in [-0.2, -0.15) is 0 Å². The van der Waals surface area contributed by atoms with E-state index in [1.165, 1.54) is 12.1 Å². The zero-order valence-corrected chi connectivity index (χ0v) is 11.0. The zero-order valence-electron chi connectivity index (χ0n) is 11.0. The van der Waals surface area contributed by atoms with Gasteiger partial charge in [0.05, 0.1) is 4.92 Å². The van der Waals surface area contributed by atoms with Gasteiger partial charge in [-0.05, 0) is 25.1 Å². The molecule has 2 aromatic rings. The van der Waals surface area contributed by atoms with Crippen molar-refractivity contribution in [3.63, 3.8) is 0 Å². The molecular formula is C14H15N3O3. The summed E-state index contributed by atoms with van der Waals surface area (Å²) in [6.07, 6.45) is 0. The number of hydrogen-bond donors (Lipinski definition) is 3. The lowest BCUT2D eigenvalue weighted by molar-refractivity contribution is -0.385. The highest BCUT2D eigenvalue weighted by atomic mass is 16.6. The molecule has 0 aromatic heterocycles. The molecule has 0 aliphatic rings. The van der Waals surface area contributed by atoms with Gasteiger partial charge >= 0.3 is 0 Å². The molecule has 0 fully saturated rings. The van der Waals surface area contributed by atoms with E-state index in [1.54, 1.807) is 6.92 Å². The Kier molecular flexibility index (Phi) is 4.17. The highest BCUT2D eigenvalue weighted by Gasteiger charge is 2.14. The number of nitro groups is 1. The minimum Gasteiger partial charge on any atom is -0.508 e. The molecule has 0 saturated carbocycles. The largest absolute Gasteiger partial charge is 0.508 e. The van der Waals surface area contributed by atoms with E-state index in [1.807, 2.05) is 30.3 Å². The second kappa shape index (κ2) is 6.03. The van der Waals surface area contributed by atoms with Gasteiger partial charge in [-0.15, -0.1) is 0 Å². The number of phenols is 1. The first-order valence-corrected chi connectivity index (χ1v) is 6.08. The number of para-hydroxylation sites is 1. The van der Waals surface area contributed by atoms with Crippen LogP contribution in [0, 0.1) is 17.0 Å². The maximum atomic E-state index is 10.9. The number of nitro benzene ring substituents is 1. The average molecular weight is 273 g/mol. The smallest absolute Gasteiger partial charge is 0.272 e. The molecule has 0 heterocycles. The minimum atomic E-state index is -0.455. The van der Waals surface area contributed by atoms with Crippen molar-refractivity contribution in [3.8, 4) is 5.75 Å². The van der Waals surface area contributed by atoms with Crippen molar-refractivity contribution in [3.05, 3.63) is 63.7 Å². The molecule has 3 N–H and O–H groups in total. The van der Waals surface area contributed by atoms with Crippen molar-refractivity contribution >= 4 is 11.4 Å². The predicted molar refractivity (Wildman–Crippen MR) is 76.4 cm³/mol. The normalized spacial score (nSPS) is 10.2. The zero-order chi connectivity index (χ0) is 14.5. The van der Waals surface area contributed by atoms with Gasteiger partial charge in [-0.25, -0.2) is 5.43 Å². The summed E-state index contributed by atoms with van der Waals surface area (Å²) in [6, 6.07) is 12.2. The highest BCUT2D eigenvalue weighted by molar-refractivity contribution is 5.49. The van der Waals surface area contributed by atoms with Crippen molar-refractivity contribution in [1.82, 2.24) is 5.43 Å². The van der Waals surface area contributed by atoms with Gasteiger partial charge in [0.2, 0.25) is 0 Å². The van der Waals surface area contributed by atoms with Crippen LogP contribution in [0.2, 0.25) is 0 Å². The molecule has 6 heteroatoms. The Bertz CT molecular complexity index is 615. The van der Waals surface area contributed by atoms with Crippen LogP contribution in [0.3, 0.4) is 0 Å². The van der Waals surface area contributed by atoms with Crippen LogP contribution in [0.4, 0.5) is 11.4 Å². The maximum Gasteiger partial charge on any atom is 0.272 e. The molecule has 0 amide bonds. The van der Waals surface area contributed by atoms with Gasteiger partial charge in [0.15, 0.2) is 0 Å². The summed E-state index contributed by atoms with van der Waals surface area (Å²) in [5.41, 5.74) is 7.63. The first kappa shape index (κ1) is 13.8. The van der Waals surface area contributed by atoms with Gasteiger partial charge in [-0.3, -0.25) is 10.1 Å². The third-order valence-corrected chi connectivity index (χ3v) is 2.88. The second-order valence-electron chi connectivity index (χ2n) is 4.37. The summed E-state index contributed by atoms with van der Waals surface area (Å²) >= 11 is 0. The van der Waals surface area contributed by atoms with E-state index < -0.39 is 4.92 Å². The van der Waals surface area contributed by atoms with E-state index in [2.05, 4.69) is 10.9 Å². The van der Waals surface area contributed by atoms with Gasteiger partial charge in [0.25, 0.3) is 5.69 Å². The molecular weight excluding hydrogens is 258 g/mol. The molecule has 6 nitrogen and oxygen atoms in total. The molecule has 0 saturated heterocycles. The van der Waals surface area contributed by atoms with Gasteiger partial charge < -0.3 is 10.5 Å². The van der Waals surface area contributed by atoms with Crippen LogP contribution in [-0.2, 0) is 6.54 Å². The quantitative estimate of drug-likeness (QED) is 0.576. The van der Waals surface area contributed by atoms with Gasteiger partial charge in [0.1, 0.15) is 5.75 Å². The van der Waals surface area contributed by atoms with Crippen molar-refractivity contribution < 1.29 is 10.0 Å². The third kappa shape index (κ3) is 3.24. The van der Waals surface area contributed by atoms with Crippen molar-refractivity contribution in [1.29, 1.82) is 0 Å². The number of anilines is 1. The van der Waals surface area contributed by atoms with Crippen molar-refractivity contribution in [2.24, 2.45) is 0 Å². The molecule has 0 aliphatic heterocycles. The molecule has 0 aliphatic carbocycles. The molecule has 0 bridgehead atoms. The van der Waals surface area contributed by atoms with Crippen LogP contribution in [0.15, 0.2) is 42.5 Å². The number of aromatic hydroxyl groups is 1. The number of phenolic OH excluding ortho intramolecular Hbond substituents is 1. The third-order valence-electron chi connectivity index (χ3n) is 2.88. The fourth-order valence-corrected chi connectivity index (χ4v) is 1.83. The van der Waals surface area contributed by atoms with Crippen LogP contribution in [-0.4, -0.2) is 10.0 Å². The number of hydrogen-bond acceptors (Lipinski definition) is 5. The molecule has 0 spiro atoms. The Morgan fingerprint density at radius 1 is 1.25 bits per heavy atom. The number of rotatable bonds is 5. The molecule has 0 radical (unpaired) electrons. The Labute approximate surface area is 116 Å². The minimum absolute atomic E-state index is 0.000638. The Morgan fingerprint density at radius 2 is 1.95 bits per heavy atom. The van der Waals surface area contributed by atoms with Crippen LogP contribution in [0.25, 0.3) is 0 Å². The predicted octanol–water partition coefficient (Wildman–Crippen LogP) is 2.73. The summed E-state index contributed by atoms with van der Waals surface area (Å²) < 4.78 is 0. The lowest BCUT2D eigenvalue weighted by atomic mass is 10.1. The van der Waals surface area contributed by atoms with E-state index in [0.717, 1.165) is 5.69 Å². The summed E-state index contributed by atoms with van der Waals surface area (Å²) in [5.74, 6) is 0.0375. The fourth-order valence-electron chi connectivity index (χ4n) is 1.83. The van der Waals surface area contributed by atoms with E-state index in [4.69, 9.17) is 0 Å². The van der Waals surface area contributed by atoms with E-state index >= 15 is 0 Å². The second-order valence-corrected chi connectivity index (χ2v) is 4.37. The van der Waals surface area contributed by atoms with Gasteiger partial charge in [0, 0.05) is 29.4 Å². The lowest BCUT2D eigenvalue weighted by Gasteiger charge is -2.10.